The quantitative estimate of drug-likeness (QED) is 0.894. The van der Waals surface area contributed by atoms with E-state index in [0.29, 0.717) is 11.9 Å². The number of amides is 1. The predicted molar refractivity (Wildman–Crippen MR) is 80.3 cm³/mol. The van der Waals surface area contributed by atoms with Gasteiger partial charge in [-0.05, 0) is 37.8 Å². The van der Waals surface area contributed by atoms with Crippen molar-refractivity contribution in [2.45, 2.75) is 40.2 Å². The van der Waals surface area contributed by atoms with Gasteiger partial charge in [0.15, 0.2) is 0 Å². The third kappa shape index (κ3) is 2.76. The van der Waals surface area contributed by atoms with Crippen LogP contribution in [0.25, 0.3) is 11.0 Å². The van der Waals surface area contributed by atoms with Gasteiger partial charge >= 0.3 is 6.09 Å². The normalized spacial score (nSPS) is 11.5. The molecule has 0 aliphatic heterocycles. The van der Waals surface area contributed by atoms with E-state index in [1.807, 2.05) is 32.0 Å². The van der Waals surface area contributed by atoms with E-state index in [1.54, 1.807) is 0 Å². The largest absolute Gasteiger partial charge is 0.465 e. The molecule has 0 saturated carbocycles. The lowest BCUT2D eigenvalue weighted by atomic mass is 10.0. The van der Waals surface area contributed by atoms with Crippen molar-refractivity contribution < 1.29 is 9.90 Å². The van der Waals surface area contributed by atoms with Crippen LogP contribution in [0, 0.1) is 5.92 Å². The molecule has 1 heterocycles. The van der Waals surface area contributed by atoms with E-state index in [0.717, 1.165) is 23.0 Å². The number of aromatic amines is 1. The van der Waals surface area contributed by atoms with Gasteiger partial charge in [-0.3, -0.25) is 0 Å². The number of carboxylic acid groups (broad SMARTS) is 1. The molecule has 0 fully saturated rings. The zero-order valence-corrected chi connectivity index (χ0v) is 12.3. The van der Waals surface area contributed by atoms with Crippen LogP contribution >= 0.6 is 0 Å². The predicted octanol–water partition coefficient (Wildman–Crippen LogP) is 3.65. The Bertz CT molecular complexity index is 617. The van der Waals surface area contributed by atoms with Crippen LogP contribution in [0.2, 0.25) is 0 Å². The van der Waals surface area contributed by atoms with Crippen LogP contribution in [-0.4, -0.2) is 27.2 Å². The van der Waals surface area contributed by atoms with Crippen LogP contribution in [0.5, 0.6) is 0 Å². The van der Waals surface area contributed by atoms with Gasteiger partial charge in [0.2, 0.25) is 5.95 Å². The molecule has 0 radical (unpaired) electrons. The summed E-state index contributed by atoms with van der Waals surface area (Å²) in [5.41, 5.74) is 2.89. The molecule has 20 heavy (non-hydrogen) atoms. The highest BCUT2D eigenvalue weighted by Crippen LogP contribution is 2.24. The topological polar surface area (TPSA) is 69.2 Å². The fourth-order valence-corrected chi connectivity index (χ4v) is 2.35. The van der Waals surface area contributed by atoms with Crippen molar-refractivity contribution in [3.63, 3.8) is 0 Å². The highest BCUT2D eigenvalue weighted by molar-refractivity contribution is 5.88. The summed E-state index contributed by atoms with van der Waals surface area (Å²) in [4.78, 5) is 20.2. The van der Waals surface area contributed by atoms with Crippen LogP contribution in [0.4, 0.5) is 10.7 Å². The van der Waals surface area contributed by atoms with Crippen molar-refractivity contribution in [2.75, 3.05) is 4.90 Å². The Morgan fingerprint density at radius 3 is 2.60 bits per heavy atom. The van der Waals surface area contributed by atoms with Crippen molar-refractivity contribution in [3.8, 4) is 0 Å². The van der Waals surface area contributed by atoms with Crippen LogP contribution in [0.1, 0.15) is 33.3 Å². The Kier molecular flexibility index (Phi) is 3.97. The lowest BCUT2D eigenvalue weighted by molar-refractivity contribution is 0.199. The molecule has 0 saturated heterocycles. The van der Waals surface area contributed by atoms with E-state index >= 15 is 0 Å². The molecule has 1 aromatic heterocycles. The highest BCUT2D eigenvalue weighted by Gasteiger charge is 2.22. The number of imidazole rings is 1. The first-order valence-electron chi connectivity index (χ1n) is 6.90. The number of benzene rings is 1. The molecule has 0 bridgehead atoms. The van der Waals surface area contributed by atoms with Gasteiger partial charge in [-0.1, -0.05) is 26.0 Å². The number of nitrogens with one attached hydrogen (secondary N) is 1. The second-order valence-corrected chi connectivity index (χ2v) is 5.72. The van der Waals surface area contributed by atoms with Gasteiger partial charge in [-0.2, -0.15) is 0 Å². The third-order valence-corrected chi connectivity index (χ3v) is 3.16. The van der Waals surface area contributed by atoms with E-state index < -0.39 is 6.09 Å². The first kappa shape index (κ1) is 14.4. The molecule has 1 amide bonds. The van der Waals surface area contributed by atoms with Crippen molar-refractivity contribution in [1.29, 1.82) is 0 Å². The number of rotatable bonds is 4. The smallest absolute Gasteiger partial charge is 0.414 e. The molecular formula is C15H21N3O2. The fraction of sp³-hybridized carbons (Fsp3) is 0.467. The molecule has 0 aliphatic carbocycles. The molecule has 0 aliphatic rings. The molecule has 108 valence electrons. The van der Waals surface area contributed by atoms with Crippen molar-refractivity contribution in [1.82, 2.24) is 9.97 Å². The minimum atomic E-state index is -0.996. The zero-order chi connectivity index (χ0) is 14.9. The average Bonchev–Trinajstić information content (AvgIpc) is 2.71. The highest BCUT2D eigenvalue weighted by atomic mass is 16.4. The van der Waals surface area contributed by atoms with Gasteiger partial charge in [0, 0.05) is 6.04 Å². The second-order valence-electron chi connectivity index (χ2n) is 5.72. The average molecular weight is 275 g/mol. The first-order valence-corrected chi connectivity index (χ1v) is 6.90. The van der Waals surface area contributed by atoms with Crippen LogP contribution in [-0.2, 0) is 6.42 Å². The summed E-state index contributed by atoms with van der Waals surface area (Å²) >= 11 is 0. The van der Waals surface area contributed by atoms with Crippen molar-refractivity contribution >= 4 is 23.1 Å². The molecule has 2 aromatic rings. The number of aromatic nitrogens is 2. The summed E-state index contributed by atoms with van der Waals surface area (Å²) in [7, 11) is 0. The fourth-order valence-electron chi connectivity index (χ4n) is 2.35. The van der Waals surface area contributed by atoms with E-state index in [-0.39, 0.29) is 6.04 Å². The lowest BCUT2D eigenvalue weighted by Gasteiger charge is -2.19. The van der Waals surface area contributed by atoms with Gasteiger partial charge in [0.1, 0.15) is 0 Å². The summed E-state index contributed by atoms with van der Waals surface area (Å²) in [6, 6.07) is 5.79. The van der Waals surface area contributed by atoms with Crippen LogP contribution in [0.15, 0.2) is 18.2 Å². The Hall–Kier alpha value is -2.04. The minimum absolute atomic E-state index is 0.165. The Morgan fingerprint density at radius 1 is 1.35 bits per heavy atom. The number of hydrogen-bond donors (Lipinski definition) is 2. The molecule has 1 aromatic carbocycles. The Labute approximate surface area is 118 Å². The number of hydrogen-bond acceptors (Lipinski definition) is 2. The number of nitrogens with zero attached hydrogens (tertiary/aromatic N) is 2. The molecule has 5 heteroatoms. The van der Waals surface area contributed by atoms with Crippen molar-refractivity contribution in [3.05, 3.63) is 23.8 Å². The van der Waals surface area contributed by atoms with Crippen LogP contribution < -0.4 is 4.90 Å². The van der Waals surface area contributed by atoms with E-state index in [1.165, 1.54) is 4.90 Å². The van der Waals surface area contributed by atoms with E-state index in [2.05, 4.69) is 23.8 Å². The molecular weight excluding hydrogens is 254 g/mol. The standard InChI is InChI=1S/C15H21N3O2/c1-9(2)8-11-6-5-7-12-13(11)17-14(16-12)18(10(3)4)15(19)20/h5-7,9-10H,8H2,1-4H3,(H,16,17)(H,19,20). The second kappa shape index (κ2) is 5.53. The maximum Gasteiger partial charge on any atom is 0.414 e. The summed E-state index contributed by atoms with van der Waals surface area (Å²) in [5.74, 6) is 0.917. The number of anilines is 1. The SMILES string of the molecule is CC(C)Cc1cccc2[nH]c(N(C(=O)O)C(C)C)nc12. The van der Waals surface area contributed by atoms with Gasteiger partial charge in [-0.15, -0.1) is 0 Å². The van der Waals surface area contributed by atoms with Gasteiger partial charge in [0.25, 0.3) is 0 Å². The summed E-state index contributed by atoms with van der Waals surface area (Å²) in [6.07, 6.45) is -0.0689. The molecule has 5 nitrogen and oxygen atoms in total. The maximum atomic E-state index is 11.3. The number of para-hydroxylation sites is 1. The lowest BCUT2D eigenvalue weighted by Crippen LogP contribution is -2.36. The summed E-state index contributed by atoms with van der Waals surface area (Å²) in [6.45, 7) is 7.97. The van der Waals surface area contributed by atoms with Crippen molar-refractivity contribution in [2.24, 2.45) is 5.92 Å². The minimum Gasteiger partial charge on any atom is -0.465 e. The monoisotopic (exact) mass is 275 g/mol. The van der Waals surface area contributed by atoms with Gasteiger partial charge < -0.3 is 10.1 Å². The zero-order valence-electron chi connectivity index (χ0n) is 12.3. The van der Waals surface area contributed by atoms with Crippen LogP contribution in [0.3, 0.4) is 0 Å². The first-order chi connectivity index (χ1) is 9.40. The Morgan fingerprint density at radius 2 is 2.05 bits per heavy atom. The third-order valence-electron chi connectivity index (χ3n) is 3.16. The molecule has 0 unspecified atom stereocenters. The van der Waals surface area contributed by atoms with Gasteiger partial charge in [-0.25, -0.2) is 14.7 Å². The number of carbonyl (C=O) groups is 1. The number of fused-ring (bicyclic) bond motifs is 1. The van der Waals surface area contributed by atoms with E-state index in [4.69, 9.17) is 0 Å². The van der Waals surface area contributed by atoms with Gasteiger partial charge in [0.05, 0.1) is 11.0 Å². The van der Waals surface area contributed by atoms with E-state index in [9.17, 15) is 9.90 Å². The molecule has 2 N–H and O–H groups in total. The summed E-state index contributed by atoms with van der Waals surface area (Å²) < 4.78 is 0. The molecule has 0 spiro atoms. The number of H-pyrrole nitrogens is 1. The Balaban J connectivity index is 2.50. The molecule has 0 atom stereocenters. The molecule has 2 rings (SSSR count). The summed E-state index contributed by atoms with van der Waals surface area (Å²) in [5, 5.41) is 9.30. The maximum absolute atomic E-state index is 11.3.